The molecule has 1 aliphatic rings. The van der Waals surface area contributed by atoms with E-state index in [4.69, 9.17) is 4.74 Å². The molecule has 0 N–H and O–H groups in total. The van der Waals surface area contributed by atoms with Gasteiger partial charge in [0, 0.05) is 25.8 Å². The van der Waals surface area contributed by atoms with Crippen molar-refractivity contribution in [1.29, 1.82) is 0 Å². The van der Waals surface area contributed by atoms with Crippen molar-refractivity contribution in [2.24, 2.45) is 0 Å². The van der Waals surface area contributed by atoms with Gasteiger partial charge in [-0.2, -0.15) is 0 Å². The van der Waals surface area contributed by atoms with Crippen molar-refractivity contribution in [3.05, 3.63) is 35.4 Å². The molecule has 1 heterocycles. The average Bonchev–Trinajstić information content (AvgIpc) is 3.01. The van der Waals surface area contributed by atoms with Crippen molar-refractivity contribution in [3.8, 4) is 0 Å². The Labute approximate surface area is 185 Å². The van der Waals surface area contributed by atoms with Gasteiger partial charge < -0.3 is 4.74 Å². The third kappa shape index (κ3) is 7.93. The van der Waals surface area contributed by atoms with Crippen LogP contribution < -0.4 is 0 Å². The van der Waals surface area contributed by atoms with Crippen molar-refractivity contribution < 1.29 is 23.9 Å². The van der Waals surface area contributed by atoms with Gasteiger partial charge in [0.2, 0.25) is 0 Å². The third-order valence-corrected chi connectivity index (χ3v) is 5.82. The van der Waals surface area contributed by atoms with Crippen LogP contribution in [0.25, 0.3) is 0 Å². The van der Waals surface area contributed by atoms with Crippen LogP contribution in [0.4, 0.5) is 0 Å². The molecule has 170 valence electrons. The highest BCUT2D eigenvalue weighted by Crippen LogP contribution is 2.23. The molecule has 0 radical (unpaired) electrons. The number of amides is 2. The fourth-order valence-corrected chi connectivity index (χ4v) is 4.00. The van der Waals surface area contributed by atoms with Gasteiger partial charge in [-0.05, 0) is 18.6 Å². The molecule has 0 fully saturated rings. The van der Waals surface area contributed by atoms with Gasteiger partial charge in [-0.15, -0.1) is 0 Å². The molecule has 0 unspecified atom stereocenters. The molecule has 2 amide bonds. The molecule has 0 saturated carbocycles. The van der Waals surface area contributed by atoms with Crippen molar-refractivity contribution in [2.75, 3.05) is 6.54 Å². The van der Waals surface area contributed by atoms with Crippen molar-refractivity contribution >= 4 is 24.1 Å². The summed E-state index contributed by atoms with van der Waals surface area (Å²) < 4.78 is 5.06. The Balaban J connectivity index is 1.67. The minimum atomic E-state index is -0.618. The number of fused-ring (bicyclic) bond motifs is 1. The number of ether oxygens (including phenoxy) is 1. The summed E-state index contributed by atoms with van der Waals surface area (Å²) in [5.74, 6) is -0.630. The van der Waals surface area contributed by atoms with Crippen molar-refractivity contribution in [3.63, 3.8) is 0 Å². The first-order chi connectivity index (χ1) is 15.1. The molecule has 31 heavy (non-hydrogen) atoms. The first-order valence-electron chi connectivity index (χ1n) is 11.6. The Bertz CT molecular complexity index is 710. The number of benzene rings is 1. The molecular formula is C25H35NO5. The number of unbranched alkanes of at least 4 members (excludes halogenated alkanes) is 8. The van der Waals surface area contributed by atoms with Gasteiger partial charge in [-0.25, -0.2) is 0 Å². The Morgan fingerprint density at radius 3 is 2.03 bits per heavy atom. The van der Waals surface area contributed by atoms with Gasteiger partial charge in [0.05, 0.1) is 11.1 Å². The van der Waals surface area contributed by atoms with E-state index < -0.39 is 6.10 Å². The number of hydrogen-bond acceptors (Lipinski definition) is 5. The molecule has 6 heteroatoms. The van der Waals surface area contributed by atoms with E-state index in [1.54, 1.807) is 24.3 Å². The predicted molar refractivity (Wildman–Crippen MR) is 119 cm³/mol. The minimum Gasteiger partial charge on any atom is -0.464 e. The molecule has 0 saturated heterocycles. The molecule has 0 aromatic heterocycles. The lowest BCUT2D eigenvalue weighted by molar-refractivity contribution is -0.136. The third-order valence-electron chi connectivity index (χ3n) is 5.82. The summed E-state index contributed by atoms with van der Waals surface area (Å²) in [6, 6.07) is 6.70. The Morgan fingerprint density at radius 2 is 1.48 bits per heavy atom. The zero-order chi connectivity index (χ0) is 22.5. The topological polar surface area (TPSA) is 80.8 Å². The van der Waals surface area contributed by atoms with E-state index in [0.29, 0.717) is 24.0 Å². The molecule has 0 spiro atoms. The van der Waals surface area contributed by atoms with E-state index in [-0.39, 0.29) is 37.0 Å². The largest absolute Gasteiger partial charge is 0.464 e. The molecule has 1 aromatic carbocycles. The summed E-state index contributed by atoms with van der Waals surface area (Å²) >= 11 is 0. The zero-order valence-electron chi connectivity index (χ0n) is 18.6. The summed E-state index contributed by atoms with van der Waals surface area (Å²) in [7, 11) is 0. The number of carbonyl (C=O) groups excluding carboxylic acids is 4. The molecule has 1 aromatic rings. The normalized spacial score (nSPS) is 13.9. The summed E-state index contributed by atoms with van der Waals surface area (Å²) in [5, 5.41) is 0. The minimum absolute atomic E-state index is 0.0529. The van der Waals surface area contributed by atoms with E-state index in [9.17, 15) is 19.2 Å². The van der Waals surface area contributed by atoms with Crippen LogP contribution in [0.5, 0.6) is 0 Å². The number of rotatable bonds is 17. The van der Waals surface area contributed by atoms with Crippen LogP contribution >= 0.6 is 0 Å². The van der Waals surface area contributed by atoms with E-state index >= 15 is 0 Å². The van der Waals surface area contributed by atoms with Crippen LogP contribution in [0, 0.1) is 0 Å². The first kappa shape index (κ1) is 24.8. The van der Waals surface area contributed by atoms with Crippen LogP contribution in [0.3, 0.4) is 0 Å². The quantitative estimate of drug-likeness (QED) is 0.196. The molecule has 2 rings (SSSR count). The van der Waals surface area contributed by atoms with Crippen LogP contribution in [-0.2, 0) is 14.3 Å². The standard InChI is InChI=1S/C25H35NO5/c1-2-3-4-5-6-7-8-9-10-13-20(28)18-21(31-19-27)16-17-26-24(29)22-14-11-12-15-23(22)25(26)30/h11-12,14-15,19,21H,2-10,13,16-18H2,1H3/t21-/m0/s1. The second kappa shape index (κ2) is 13.7. The first-order valence-corrected chi connectivity index (χ1v) is 11.6. The van der Waals surface area contributed by atoms with Crippen LogP contribution in [0.2, 0.25) is 0 Å². The van der Waals surface area contributed by atoms with Gasteiger partial charge in [-0.3, -0.25) is 24.1 Å². The fourth-order valence-electron chi connectivity index (χ4n) is 4.00. The molecule has 6 nitrogen and oxygen atoms in total. The maximum absolute atomic E-state index is 12.4. The smallest absolute Gasteiger partial charge is 0.293 e. The molecule has 0 bridgehead atoms. The number of imide groups is 1. The second-order valence-electron chi connectivity index (χ2n) is 8.27. The SMILES string of the molecule is CCCCCCCCCCCC(=O)C[C@H](CCN1C(=O)c2ccccc2C1=O)OC=O. The van der Waals surface area contributed by atoms with Gasteiger partial charge in [0.15, 0.2) is 0 Å². The summed E-state index contributed by atoms with van der Waals surface area (Å²) in [6.07, 6.45) is 10.9. The highest BCUT2D eigenvalue weighted by atomic mass is 16.5. The molecule has 0 aliphatic carbocycles. The van der Waals surface area contributed by atoms with Crippen LogP contribution in [-0.4, -0.2) is 41.6 Å². The predicted octanol–water partition coefficient (Wildman–Crippen LogP) is 5.09. The van der Waals surface area contributed by atoms with E-state index in [1.807, 2.05) is 0 Å². The monoisotopic (exact) mass is 429 g/mol. The lowest BCUT2D eigenvalue weighted by Crippen LogP contribution is -2.33. The summed E-state index contributed by atoms with van der Waals surface area (Å²) in [6.45, 7) is 2.67. The van der Waals surface area contributed by atoms with Crippen molar-refractivity contribution in [2.45, 2.75) is 90.1 Å². The maximum atomic E-state index is 12.4. The number of carbonyl (C=O) groups is 4. The zero-order valence-corrected chi connectivity index (χ0v) is 18.6. The number of hydrogen-bond donors (Lipinski definition) is 0. The number of nitrogens with zero attached hydrogens (tertiary/aromatic N) is 1. The Kier molecular flexibility index (Phi) is 11.0. The van der Waals surface area contributed by atoms with Gasteiger partial charge in [0.1, 0.15) is 11.9 Å². The lowest BCUT2D eigenvalue weighted by atomic mass is 10.0. The van der Waals surface area contributed by atoms with E-state index in [1.165, 1.54) is 38.5 Å². The van der Waals surface area contributed by atoms with E-state index in [2.05, 4.69) is 6.92 Å². The van der Waals surface area contributed by atoms with E-state index in [0.717, 1.165) is 24.2 Å². The Morgan fingerprint density at radius 1 is 0.935 bits per heavy atom. The van der Waals surface area contributed by atoms with Gasteiger partial charge in [-0.1, -0.05) is 70.4 Å². The van der Waals surface area contributed by atoms with Gasteiger partial charge in [0.25, 0.3) is 18.3 Å². The van der Waals surface area contributed by atoms with Crippen molar-refractivity contribution in [1.82, 2.24) is 4.90 Å². The molecule has 1 atom stereocenters. The second-order valence-corrected chi connectivity index (χ2v) is 8.27. The molecule has 1 aliphatic heterocycles. The molecular weight excluding hydrogens is 394 g/mol. The maximum Gasteiger partial charge on any atom is 0.293 e. The number of ketones is 1. The summed E-state index contributed by atoms with van der Waals surface area (Å²) in [5.41, 5.74) is 0.781. The Hall–Kier alpha value is -2.50. The highest BCUT2D eigenvalue weighted by Gasteiger charge is 2.35. The number of Topliss-reactive ketones (excluding diaryl/α,β-unsaturated/α-hetero) is 1. The van der Waals surface area contributed by atoms with Crippen LogP contribution in [0.1, 0.15) is 105 Å². The fraction of sp³-hybridized carbons (Fsp3) is 0.600. The van der Waals surface area contributed by atoms with Crippen LogP contribution in [0.15, 0.2) is 24.3 Å². The van der Waals surface area contributed by atoms with Gasteiger partial charge >= 0.3 is 0 Å². The lowest BCUT2D eigenvalue weighted by Gasteiger charge is -2.19. The summed E-state index contributed by atoms with van der Waals surface area (Å²) in [4.78, 5) is 49.2. The average molecular weight is 430 g/mol. The highest BCUT2D eigenvalue weighted by molar-refractivity contribution is 6.21.